The Kier molecular flexibility index (Phi) is 3.57. The van der Waals surface area contributed by atoms with E-state index in [0.717, 1.165) is 12.3 Å². The summed E-state index contributed by atoms with van der Waals surface area (Å²) in [7, 11) is 0. The van der Waals surface area contributed by atoms with Crippen LogP contribution in [0.5, 0.6) is 0 Å². The second-order valence-electron chi connectivity index (χ2n) is 4.96. The molecular formula is C14H16N2O2S. The third-order valence-corrected chi connectivity index (χ3v) is 4.90. The molecular weight excluding hydrogens is 260 g/mol. The zero-order chi connectivity index (χ0) is 13.2. The Morgan fingerprint density at radius 2 is 2.16 bits per heavy atom. The van der Waals surface area contributed by atoms with Crippen LogP contribution >= 0.6 is 11.8 Å². The Morgan fingerprint density at radius 1 is 1.32 bits per heavy atom. The van der Waals surface area contributed by atoms with E-state index in [2.05, 4.69) is 34.9 Å². The van der Waals surface area contributed by atoms with Crippen LogP contribution in [0.2, 0.25) is 0 Å². The van der Waals surface area contributed by atoms with E-state index in [1.54, 1.807) is 0 Å². The molecule has 0 saturated carbocycles. The van der Waals surface area contributed by atoms with Gasteiger partial charge in [0.05, 0.1) is 6.04 Å². The van der Waals surface area contributed by atoms with Crippen molar-refractivity contribution in [3.8, 4) is 0 Å². The normalized spacial score (nSPS) is 26.1. The molecule has 1 saturated heterocycles. The molecule has 100 valence electrons. The van der Waals surface area contributed by atoms with Crippen molar-refractivity contribution in [2.24, 2.45) is 0 Å². The van der Waals surface area contributed by atoms with Crippen LogP contribution in [0.25, 0.3) is 0 Å². The monoisotopic (exact) mass is 276 g/mol. The lowest BCUT2D eigenvalue weighted by atomic mass is 10.00. The standard InChI is InChI=1S/C14H16N2O2S/c17-13-6-5-11(14(18)16-13)15-7-9-8-19-12-4-2-1-3-10(9)12/h1-4,9,11,15H,5-8H2,(H,16,17,18). The number of amides is 2. The van der Waals surface area contributed by atoms with Crippen LogP contribution in [0.3, 0.4) is 0 Å². The highest BCUT2D eigenvalue weighted by atomic mass is 32.2. The van der Waals surface area contributed by atoms with Gasteiger partial charge >= 0.3 is 0 Å². The summed E-state index contributed by atoms with van der Waals surface area (Å²) >= 11 is 1.87. The molecule has 1 aromatic rings. The number of imide groups is 1. The van der Waals surface area contributed by atoms with Gasteiger partial charge in [-0.25, -0.2) is 0 Å². The fourth-order valence-corrected chi connectivity index (χ4v) is 3.83. The third kappa shape index (κ3) is 2.67. The van der Waals surface area contributed by atoms with E-state index in [1.165, 1.54) is 10.5 Å². The highest BCUT2D eigenvalue weighted by Gasteiger charge is 2.28. The molecule has 1 aromatic carbocycles. The van der Waals surface area contributed by atoms with E-state index in [1.807, 2.05) is 11.8 Å². The molecule has 0 spiro atoms. The van der Waals surface area contributed by atoms with Gasteiger partial charge in [0.1, 0.15) is 0 Å². The number of fused-ring (bicyclic) bond motifs is 1. The molecule has 2 N–H and O–H groups in total. The van der Waals surface area contributed by atoms with Gasteiger partial charge in [0.2, 0.25) is 11.8 Å². The van der Waals surface area contributed by atoms with Gasteiger partial charge in [-0.15, -0.1) is 11.8 Å². The molecule has 3 rings (SSSR count). The molecule has 1 fully saturated rings. The maximum atomic E-state index is 11.7. The van der Waals surface area contributed by atoms with Crippen LogP contribution in [-0.4, -0.2) is 30.2 Å². The Balaban J connectivity index is 1.59. The maximum Gasteiger partial charge on any atom is 0.243 e. The largest absolute Gasteiger partial charge is 0.305 e. The summed E-state index contributed by atoms with van der Waals surface area (Å²) in [6, 6.07) is 8.19. The molecule has 5 heteroatoms. The summed E-state index contributed by atoms with van der Waals surface area (Å²) in [5.41, 5.74) is 1.37. The fraction of sp³-hybridized carbons (Fsp3) is 0.429. The first-order valence-electron chi connectivity index (χ1n) is 6.53. The molecule has 2 amide bonds. The average Bonchev–Trinajstić information content (AvgIpc) is 2.81. The summed E-state index contributed by atoms with van der Waals surface area (Å²) in [5, 5.41) is 5.68. The van der Waals surface area contributed by atoms with Crippen LogP contribution in [0.4, 0.5) is 0 Å². The van der Waals surface area contributed by atoms with Crippen LogP contribution in [0.15, 0.2) is 29.2 Å². The highest BCUT2D eigenvalue weighted by Crippen LogP contribution is 2.38. The van der Waals surface area contributed by atoms with Gasteiger partial charge in [0.25, 0.3) is 0 Å². The van der Waals surface area contributed by atoms with Gasteiger partial charge in [0, 0.05) is 29.5 Å². The predicted molar refractivity (Wildman–Crippen MR) is 74.1 cm³/mol. The van der Waals surface area contributed by atoms with Crippen molar-refractivity contribution in [2.45, 2.75) is 29.7 Å². The average molecular weight is 276 g/mol. The molecule has 2 aliphatic heterocycles. The van der Waals surface area contributed by atoms with E-state index < -0.39 is 0 Å². The highest BCUT2D eigenvalue weighted by molar-refractivity contribution is 7.99. The molecule has 2 heterocycles. The van der Waals surface area contributed by atoms with Gasteiger partial charge < -0.3 is 5.32 Å². The lowest BCUT2D eigenvalue weighted by molar-refractivity contribution is -0.134. The van der Waals surface area contributed by atoms with Crippen LogP contribution in [0, 0.1) is 0 Å². The minimum atomic E-state index is -0.226. The minimum Gasteiger partial charge on any atom is -0.305 e. The second-order valence-corrected chi connectivity index (χ2v) is 6.02. The molecule has 19 heavy (non-hydrogen) atoms. The number of thioether (sulfide) groups is 1. The van der Waals surface area contributed by atoms with Crippen molar-refractivity contribution in [1.82, 2.24) is 10.6 Å². The SMILES string of the molecule is O=C1CCC(NCC2CSc3ccccc32)C(=O)N1. The Bertz CT molecular complexity index is 518. The van der Waals surface area contributed by atoms with E-state index in [0.29, 0.717) is 18.8 Å². The van der Waals surface area contributed by atoms with E-state index >= 15 is 0 Å². The van der Waals surface area contributed by atoms with Crippen LogP contribution < -0.4 is 10.6 Å². The smallest absolute Gasteiger partial charge is 0.243 e. The summed E-state index contributed by atoms with van der Waals surface area (Å²) in [6.07, 6.45) is 1.03. The summed E-state index contributed by atoms with van der Waals surface area (Å²) in [5.74, 6) is 1.16. The summed E-state index contributed by atoms with van der Waals surface area (Å²) in [4.78, 5) is 24.1. The predicted octanol–water partition coefficient (Wildman–Crippen LogP) is 1.27. The molecule has 0 bridgehead atoms. The summed E-state index contributed by atoms with van der Waals surface area (Å²) < 4.78 is 0. The first kappa shape index (κ1) is 12.7. The Hall–Kier alpha value is -1.33. The number of carbonyl (C=O) groups excluding carboxylic acids is 2. The zero-order valence-corrected chi connectivity index (χ0v) is 11.3. The fourth-order valence-electron chi connectivity index (χ4n) is 2.57. The molecule has 2 aliphatic rings. The van der Waals surface area contributed by atoms with Gasteiger partial charge in [0.15, 0.2) is 0 Å². The van der Waals surface area contributed by atoms with Crippen molar-refractivity contribution in [3.63, 3.8) is 0 Å². The molecule has 0 aliphatic carbocycles. The topological polar surface area (TPSA) is 58.2 Å². The van der Waals surface area contributed by atoms with Gasteiger partial charge in [-0.1, -0.05) is 18.2 Å². The maximum absolute atomic E-state index is 11.7. The Morgan fingerprint density at radius 3 is 3.00 bits per heavy atom. The van der Waals surface area contributed by atoms with Crippen molar-refractivity contribution >= 4 is 23.6 Å². The first-order valence-corrected chi connectivity index (χ1v) is 7.51. The van der Waals surface area contributed by atoms with E-state index in [-0.39, 0.29) is 17.9 Å². The van der Waals surface area contributed by atoms with E-state index in [4.69, 9.17) is 0 Å². The van der Waals surface area contributed by atoms with Gasteiger partial charge in [-0.2, -0.15) is 0 Å². The number of nitrogens with one attached hydrogen (secondary N) is 2. The number of hydrogen-bond donors (Lipinski definition) is 2. The Labute approximate surface area is 116 Å². The number of carbonyl (C=O) groups is 2. The minimum absolute atomic E-state index is 0.162. The molecule has 4 nitrogen and oxygen atoms in total. The lowest BCUT2D eigenvalue weighted by Crippen LogP contribution is -2.51. The zero-order valence-electron chi connectivity index (χ0n) is 10.5. The van der Waals surface area contributed by atoms with Crippen molar-refractivity contribution in [1.29, 1.82) is 0 Å². The number of piperidine rings is 1. The quantitative estimate of drug-likeness (QED) is 0.816. The van der Waals surface area contributed by atoms with Crippen molar-refractivity contribution < 1.29 is 9.59 Å². The molecule has 0 radical (unpaired) electrons. The van der Waals surface area contributed by atoms with Crippen molar-refractivity contribution in [3.05, 3.63) is 29.8 Å². The van der Waals surface area contributed by atoms with Crippen LogP contribution in [-0.2, 0) is 9.59 Å². The molecule has 2 unspecified atom stereocenters. The molecule has 2 atom stereocenters. The number of hydrogen-bond acceptors (Lipinski definition) is 4. The van der Waals surface area contributed by atoms with Gasteiger partial charge in [-0.3, -0.25) is 14.9 Å². The number of rotatable bonds is 3. The second kappa shape index (κ2) is 5.35. The van der Waals surface area contributed by atoms with Crippen LogP contribution in [0.1, 0.15) is 24.3 Å². The third-order valence-electron chi connectivity index (χ3n) is 3.65. The molecule has 0 aromatic heterocycles. The van der Waals surface area contributed by atoms with Gasteiger partial charge in [-0.05, 0) is 18.1 Å². The first-order chi connectivity index (χ1) is 9.24. The number of benzene rings is 1. The summed E-state index contributed by atoms with van der Waals surface area (Å²) in [6.45, 7) is 0.788. The van der Waals surface area contributed by atoms with E-state index in [9.17, 15) is 9.59 Å². The van der Waals surface area contributed by atoms with Crippen molar-refractivity contribution in [2.75, 3.05) is 12.3 Å². The lowest BCUT2D eigenvalue weighted by Gasteiger charge is -2.23.